The van der Waals surface area contributed by atoms with Crippen molar-refractivity contribution in [1.82, 2.24) is 10.6 Å². The van der Waals surface area contributed by atoms with E-state index in [0.29, 0.717) is 17.8 Å². The van der Waals surface area contributed by atoms with Crippen LogP contribution in [-0.4, -0.2) is 61.8 Å². The van der Waals surface area contributed by atoms with Crippen molar-refractivity contribution >= 4 is 29.5 Å². The summed E-state index contributed by atoms with van der Waals surface area (Å²) in [6.45, 7) is 7.41. The summed E-state index contributed by atoms with van der Waals surface area (Å²) in [6.07, 6.45) is 0.0130. The Labute approximate surface area is 158 Å². The van der Waals surface area contributed by atoms with Crippen molar-refractivity contribution in [3.8, 4) is 0 Å². The minimum Gasteiger partial charge on any atom is -0.466 e. The van der Waals surface area contributed by atoms with Crippen LogP contribution in [0.3, 0.4) is 0 Å². The number of carbonyl (C=O) groups is 4. The number of nitrogens with zero attached hydrogens (tertiary/aromatic N) is 1. The van der Waals surface area contributed by atoms with Crippen LogP contribution < -0.4 is 10.6 Å². The molecule has 0 aromatic carbocycles. The molecular weight excluding hydrogens is 354 g/mol. The molecule has 0 bridgehead atoms. The molecule has 0 aromatic rings. The second kappa shape index (κ2) is 11.1. The van der Waals surface area contributed by atoms with Crippen LogP contribution in [-0.2, 0) is 28.7 Å². The number of amides is 2. The van der Waals surface area contributed by atoms with Gasteiger partial charge in [-0.3, -0.25) is 19.4 Å². The molecule has 1 atom stereocenters. The summed E-state index contributed by atoms with van der Waals surface area (Å²) in [5.74, 6) is -2.05. The van der Waals surface area contributed by atoms with Crippen molar-refractivity contribution in [2.24, 2.45) is 4.99 Å². The third-order valence-corrected chi connectivity index (χ3v) is 3.83. The summed E-state index contributed by atoms with van der Waals surface area (Å²) >= 11 is 0. The zero-order chi connectivity index (χ0) is 20.4. The molecule has 150 valence electrons. The highest BCUT2D eigenvalue weighted by Gasteiger charge is 2.25. The molecular formula is C18H27N3O6. The van der Waals surface area contributed by atoms with Crippen molar-refractivity contribution in [1.29, 1.82) is 0 Å². The van der Waals surface area contributed by atoms with Gasteiger partial charge in [-0.05, 0) is 39.7 Å². The third-order valence-electron chi connectivity index (χ3n) is 3.83. The molecule has 0 fully saturated rings. The van der Waals surface area contributed by atoms with Gasteiger partial charge in [0.15, 0.2) is 0 Å². The molecule has 2 N–H and O–H groups in total. The topological polar surface area (TPSA) is 123 Å². The lowest BCUT2D eigenvalue weighted by Gasteiger charge is -2.17. The maximum absolute atomic E-state index is 12.2. The Bertz CT molecular complexity index is 653. The summed E-state index contributed by atoms with van der Waals surface area (Å²) in [5, 5.41) is 5.00. The molecule has 0 spiro atoms. The summed E-state index contributed by atoms with van der Waals surface area (Å²) in [5.41, 5.74) is 1.94. The van der Waals surface area contributed by atoms with Gasteiger partial charge >= 0.3 is 11.9 Å². The van der Waals surface area contributed by atoms with Gasteiger partial charge in [-0.1, -0.05) is 0 Å². The van der Waals surface area contributed by atoms with Crippen LogP contribution in [0, 0.1) is 0 Å². The van der Waals surface area contributed by atoms with E-state index < -0.39 is 23.9 Å². The van der Waals surface area contributed by atoms with Crippen molar-refractivity contribution in [2.75, 3.05) is 26.3 Å². The fraction of sp³-hybridized carbons (Fsp3) is 0.611. The van der Waals surface area contributed by atoms with Gasteiger partial charge in [-0.15, -0.1) is 0 Å². The molecule has 1 unspecified atom stereocenters. The number of esters is 2. The molecule has 27 heavy (non-hydrogen) atoms. The minimum absolute atomic E-state index is 0.0360. The van der Waals surface area contributed by atoms with E-state index in [-0.39, 0.29) is 38.5 Å². The summed E-state index contributed by atoms with van der Waals surface area (Å²) in [4.78, 5) is 51.9. The van der Waals surface area contributed by atoms with Crippen LogP contribution in [0.1, 0.15) is 40.5 Å². The zero-order valence-corrected chi connectivity index (χ0v) is 16.2. The van der Waals surface area contributed by atoms with Crippen molar-refractivity contribution < 1.29 is 28.7 Å². The first kappa shape index (κ1) is 22.3. The predicted molar refractivity (Wildman–Crippen MR) is 98.1 cm³/mol. The normalized spacial score (nSPS) is 14.3. The largest absolute Gasteiger partial charge is 0.466 e. The Morgan fingerprint density at radius 3 is 2.33 bits per heavy atom. The molecule has 0 saturated carbocycles. The number of nitrogens with one attached hydrogen (secondary N) is 2. The number of hydrogen-bond donors (Lipinski definition) is 2. The molecule has 1 heterocycles. The minimum atomic E-state index is -0.991. The molecule has 2 amide bonds. The highest BCUT2D eigenvalue weighted by atomic mass is 16.5. The second-order valence-electron chi connectivity index (χ2n) is 5.96. The van der Waals surface area contributed by atoms with Gasteiger partial charge in [0, 0.05) is 12.1 Å². The standard InChI is InChI=1S/C18H27N3O6/c1-5-26-15(23)8-7-13(18(25)27-6-2)21-14(22)10-20-17(24)16-11(3)9-19-12(16)4/h13H,5-10H2,1-4H3,(H,20,24)(H,21,22). The Morgan fingerprint density at radius 2 is 1.78 bits per heavy atom. The smallest absolute Gasteiger partial charge is 0.328 e. The van der Waals surface area contributed by atoms with E-state index in [9.17, 15) is 19.2 Å². The van der Waals surface area contributed by atoms with E-state index in [0.717, 1.165) is 5.57 Å². The van der Waals surface area contributed by atoms with E-state index in [1.54, 1.807) is 27.7 Å². The maximum atomic E-state index is 12.2. The molecule has 1 aliphatic rings. The van der Waals surface area contributed by atoms with Gasteiger partial charge in [0.25, 0.3) is 5.91 Å². The van der Waals surface area contributed by atoms with Crippen LogP contribution in [0.15, 0.2) is 16.1 Å². The van der Waals surface area contributed by atoms with Crippen molar-refractivity contribution in [3.05, 3.63) is 11.1 Å². The van der Waals surface area contributed by atoms with Gasteiger partial charge < -0.3 is 20.1 Å². The van der Waals surface area contributed by atoms with Gasteiger partial charge in [-0.2, -0.15) is 0 Å². The molecule has 9 heteroatoms. The van der Waals surface area contributed by atoms with E-state index in [4.69, 9.17) is 9.47 Å². The lowest BCUT2D eigenvalue weighted by molar-refractivity contribution is -0.148. The SMILES string of the molecule is CCOC(=O)CCC(NC(=O)CNC(=O)C1=C(C)CN=C1C)C(=O)OCC. The van der Waals surface area contributed by atoms with Crippen LogP contribution >= 0.6 is 0 Å². The second-order valence-corrected chi connectivity index (χ2v) is 5.96. The Balaban J connectivity index is 2.58. The summed E-state index contributed by atoms with van der Waals surface area (Å²) < 4.78 is 9.73. The number of carbonyl (C=O) groups excluding carboxylic acids is 4. The lowest BCUT2D eigenvalue weighted by atomic mass is 10.1. The monoisotopic (exact) mass is 381 g/mol. The Hall–Kier alpha value is -2.71. The quantitative estimate of drug-likeness (QED) is 0.524. The number of hydrogen-bond acceptors (Lipinski definition) is 7. The molecule has 0 aliphatic carbocycles. The molecule has 1 rings (SSSR count). The number of aliphatic imine (C=N–C) groups is 1. The summed E-state index contributed by atoms with van der Waals surface area (Å²) in [7, 11) is 0. The highest BCUT2D eigenvalue weighted by Crippen LogP contribution is 2.14. The van der Waals surface area contributed by atoms with Crippen LogP contribution in [0.5, 0.6) is 0 Å². The van der Waals surface area contributed by atoms with E-state index >= 15 is 0 Å². The van der Waals surface area contributed by atoms with Crippen molar-refractivity contribution in [3.63, 3.8) is 0 Å². The van der Waals surface area contributed by atoms with Gasteiger partial charge in [0.05, 0.1) is 31.9 Å². The first-order valence-electron chi connectivity index (χ1n) is 8.91. The first-order chi connectivity index (χ1) is 12.8. The zero-order valence-electron chi connectivity index (χ0n) is 16.2. The van der Waals surface area contributed by atoms with E-state index in [1.165, 1.54) is 0 Å². The van der Waals surface area contributed by atoms with Crippen molar-refractivity contribution in [2.45, 2.75) is 46.6 Å². The molecule has 0 saturated heterocycles. The van der Waals surface area contributed by atoms with Gasteiger partial charge in [-0.25, -0.2) is 4.79 Å². The molecule has 1 aliphatic heterocycles. The van der Waals surface area contributed by atoms with Gasteiger partial charge in [0.2, 0.25) is 5.91 Å². The third kappa shape index (κ3) is 7.20. The number of rotatable bonds is 10. The first-order valence-corrected chi connectivity index (χ1v) is 8.91. The van der Waals surface area contributed by atoms with E-state index in [2.05, 4.69) is 15.6 Å². The average molecular weight is 381 g/mol. The van der Waals surface area contributed by atoms with Crippen LogP contribution in [0.4, 0.5) is 0 Å². The fourth-order valence-electron chi connectivity index (χ4n) is 2.54. The van der Waals surface area contributed by atoms with E-state index in [1.807, 2.05) is 0 Å². The number of ether oxygens (including phenoxy) is 2. The predicted octanol–water partition coefficient (Wildman–Crippen LogP) is 0.285. The Morgan fingerprint density at radius 1 is 1.11 bits per heavy atom. The fourth-order valence-corrected chi connectivity index (χ4v) is 2.54. The summed E-state index contributed by atoms with van der Waals surface area (Å²) in [6, 6.07) is -0.991. The molecule has 0 radical (unpaired) electrons. The maximum Gasteiger partial charge on any atom is 0.328 e. The average Bonchev–Trinajstić information content (AvgIpc) is 2.95. The van der Waals surface area contributed by atoms with Crippen LogP contribution in [0.25, 0.3) is 0 Å². The van der Waals surface area contributed by atoms with Gasteiger partial charge in [0.1, 0.15) is 6.04 Å². The molecule has 0 aromatic heterocycles. The lowest BCUT2D eigenvalue weighted by Crippen LogP contribution is -2.46. The highest BCUT2D eigenvalue weighted by molar-refractivity contribution is 6.22. The van der Waals surface area contributed by atoms with Crippen LogP contribution in [0.2, 0.25) is 0 Å². The molecule has 9 nitrogen and oxygen atoms in total. The Kier molecular flexibility index (Phi) is 9.18.